The Balaban J connectivity index is 1.22. The van der Waals surface area contributed by atoms with Crippen molar-refractivity contribution in [2.45, 2.75) is 38.1 Å². The smallest absolute Gasteiger partial charge is 0.307 e. The molecule has 1 aromatic heterocycles. The summed E-state index contributed by atoms with van der Waals surface area (Å²) in [5.74, 6) is 1.42. The Hall–Kier alpha value is -3.50. The van der Waals surface area contributed by atoms with Gasteiger partial charge in [-0.2, -0.15) is 0 Å². The second-order valence-electron chi connectivity index (χ2n) is 9.93. The third kappa shape index (κ3) is 6.93. The van der Waals surface area contributed by atoms with Crippen molar-refractivity contribution < 1.29 is 19.1 Å². The molecule has 0 saturated carbocycles. The van der Waals surface area contributed by atoms with E-state index in [0.29, 0.717) is 48.3 Å². The van der Waals surface area contributed by atoms with Crippen LogP contribution in [0.1, 0.15) is 32.1 Å². The van der Waals surface area contributed by atoms with Crippen LogP contribution in [0.4, 0.5) is 17.2 Å². The van der Waals surface area contributed by atoms with E-state index in [4.69, 9.17) is 9.47 Å². The van der Waals surface area contributed by atoms with Crippen molar-refractivity contribution in [2.75, 3.05) is 36.9 Å². The molecule has 3 aromatic rings. The van der Waals surface area contributed by atoms with Crippen molar-refractivity contribution in [3.63, 3.8) is 0 Å². The van der Waals surface area contributed by atoms with Gasteiger partial charge in [0, 0.05) is 21.6 Å². The predicted octanol–water partition coefficient (Wildman–Crippen LogP) is 5.45. The van der Waals surface area contributed by atoms with E-state index < -0.39 is 0 Å². The number of aromatic nitrogens is 2. The first-order valence-electron chi connectivity index (χ1n) is 13.3. The minimum Gasteiger partial charge on any atom is -0.491 e. The first kappa shape index (κ1) is 27.1. The van der Waals surface area contributed by atoms with Gasteiger partial charge in [-0.05, 0) is 75.0 Å². The van der Waals surface area contributed by atoms with E-state index in [2.05, 4.69) is 48.0 Å². The molecule has 10 heteroatoms. The molecular weight excluding hydrogens is 562 g/mol. The molecule has 1 amide bonds. The summed E-state index contributed by atoms with van der Waals surface area (Å²) in [6.45, 7) is 6.64. The van der Waals surface area contributed by atoms with E-state index in [1.54, 1.807) is 0 Å². The largest absolute Gasteiger partial charge is 0.491 e. The van der Waals surface area contributed by atoms with Gasteiger partial charge in [-0.1, -0.05) is 28.6 Å². The highest BCUT2D eigenvalue weighted by Crippen LogP contribution is 2.34. The lowest BCUT2D eigenvalue weighted by Crippen LogP contribution is -2.41. The van der Waals surface area contributed by atoms with E-state index in [0.717, 1.165) is 54.3 Å². The van der Waals surface area contributed by atoms with E-state index in [1.807, 2.05) is 36.4 Å². The summed E-state index contributed by atoms with van der Waals surface area (Å²) < 4.78 is 12.2. The van der Waals surface area contributed by atoms with Crippen LogP contribution in [-0.2, 0) is 14.3 Å². The van der Waals surface area contributed by atoms with E-state index in [9.17, 15) is 9.59 Å². The summed E-state index contributed by atoms with van der Waals surface area (Å²) in [6, 6.07) is 11.7. The lowest BCUT2D eigenvalue weighted by molar-refractivity contribution is -0.137. The molecule has 0 bridgehead atoms. The number of amides is 1. The maximum atomic E-state index is 12.2. The average Bonchev–Trinajstić information content (AvgIpc) is 3.38. The Labute approximate surface area is 236 Å². The number of hydrogen-bond donors (Lipinski definition) is 2. The number of nitrogens with one attached hydrogen (secondary N) is 2. The van der Waals surface area contributed by atoms with E-state index >= 15 is 0 Å². The number of ether oxygens (including phenoxy) is 2. The molecule has 2 N–H and O–H groups in total. The lowest BCUT2D eigenvalue weighted by atomic mass is 9.91. The number of likely N-dealkylation sites (tertiary alicyclic amines) is 1. The Morgan fingerprint density at radius 2 is 2.08 bits per heavy atom. The van der Waals surface area contributed by atoms with Crippen molar-refractivity contribution in [1.82, 2.24) is 14.9 Å². The molecule has 204 valence electrons. The summed E-state index contributed by atoms with van der Waals surface area (Å²) >= 11 is 3.49. The number of esters is 1. The summed E-state index contributed by atoms with van der Waals surface area (Å²) in [7, 11) is 0. The van der Waals surface area contributed by atoms with Crippen LogP contribution in [-0.4, -0.2) is 59.1 Å². The summed E-state index contributed by atoms with van der Waals surface area (Å²) in [4.78, 5) is 34.9. The van der Waals surface area contributed by atoms with Gasteiger partial charge in [-0.3, -0.25) is 14.5 Å². The van der Waals surface area contributed by atoms with Gasteiger partial charge in [-0.25, -0.2) is 9.97 Å². The number of nitrogens with zero attached hydrogens (tertiary/aromatic N) is 3. The molecule has 0 radical (unpaired) electrons. The second-order valence-corrected chi connectivity index (χ2v) is 10.8. The van der Waals surface area contributed by atoms with Crippen molar-refractivity contribution >= 4 is 55.9 Å². The summed E-state index contributed by atoms with van der Waals surface area (Å²) in [6.07, 6.45) is 7.46. The van der Waals surface area contributed by atoms with E-state index in [1.165, 1.54) is 12.4 Å². The predicted molar refractivity (Wildman–Crippen MR) is 154 cm³/mol. The highest BCUT2D eigenvalue weighted by molar-refractivity contribution is 9.10. The maximum absolute atomic E-state index is 12.2. The zero-order chi connectivity index (χ0) is 27.2. The number of carbonyl (C=O) groups is 2. The zero-order valence-electron chi connectivity index (χ0n) is 21.7. The van der Waals surface area contributed by atoms with Crippen molar-refractivity contribution in [1.29, 1.82) is 0 Å². The molecule has 5 rings (SSSR count). The standard InChI is InChI=1S/C29H32BrN5O4/c1-2-27(36)34-25-15-23-24(31-18-32-29(23)33-21-7-3-6-20(30)13-21)16-26(25)38-12-4-5-19-8-10-35(11-9-19)22-14-28(37)39-17-22/h2-3,6-7,13,15-16,18-19,22H,1,4-5,8-12,14,17H2,(H,34,36)(H,31,32,33). The molecule has 2 aliphatic rings. The third-order valence-electron chi connectivity index (χ3n) is 7.29. The quantitative estimate of drug-likeness (QED) is 0.182. The molecule has 1 unspecified atom stereocenters. The monoisotopic (exact) mass is 593 g/mol. The number of anilines is 3. The van der Waals surface area contributed by atoms with Crippen LogP contribution in [0.3, 0.4) is 0 Å². The number of carbonyl (C=O) groups excluding carboxylic acids is 2. The van der Waals surface area contributed by atoms with Gasteiger partial charge in [0.05, 0.1) is 30.3 Å². The third-order valence-corrected chi connectivity index (χ3v) is 7.78. The fraction of sp³-hybridized carbons (Fsp3) is 0.379. The van der Waals surface area contributed by atoms with Crippen molar-refractivity contribution in [3.8, 4) is 5.75 Å². The molecule has 9 nitrogen and oxygen atoms in total. The minimum absolute atomic E-state index is 0.0833. The molecule has 39 heavy (non-hydrogen) atoms. The number of fused-ring (bicyclic) bond motifs is 1. The van der Waals surface area contributed by atoms with Crippen LogP contribution in [0, 0.1) is 5.92 Å². The number of cyclic esters (lactones) is 1. The average molecular weight is 595 g/mol. The van der Waals surface area contributed by atoms with Crippen molar-refractivity contribution in [3.05, 3.63) is 59.9 Å². The Bertz CT molecular complexity index is 1360. The molecular formula is C29H32BrN5O4. The maximum Gasteiger partial charge on any atom is 0.307 e. The van der Waals surface area contributed by atoms with Gasteiger partial charge < -0.3 is 20.1 Å². The van der Waals surface area contributed by atoms with Crippen molar-refractivity contribution in [2.24, 2.45) is 5.92 Å². The molecule has 2 aliphatic heterocycles. The SMILES string of the molecule is C=CC(=O)Nc1cc2c(Nc3cccc(Br)c3)ncnc2cc1OCCCC1CCN(C2COC(=O)C2)CC1. The number of benzene rings is 2. The summed E-state index contributed by atoms with van der Waals surface area (Å²) in [5.41, 5.74) is 2.12. The minimum atomic E-state index is -0.321. The Kier molecular flexibility index (Phi) is 8.73. The number of piperidine rings is 1. The van der Waals surface area contributed by atoms with Crippen LogP contribution in [0.15, 0.2) is 59.9 Å². The number of halogens is 1. The topological polar surface area (TPSA) is 106 Å². The van der Waals surface area contributed by atoms with Crippen LogP contribution in [0.25, 0.3) is 10.9 Å². The van der Waals surface area contributed by atoms with Gasteiger partial charge >= 0.3 is 5.97 Å². The molecule has 2 saturated heterocycles. The van der Waals surface area contributed by atoms with Crippen LogP contribution in [0.5, 0.6) is 5.75 Å². The van der Waals surface area contributed by atoms with Crippen LogP contribution < -0.4 is 15.4 Å². The van der Waals surface area contributed by atoms with E-state index in [-0.39, 0.29) is 17.9 Å². The number of hydrogen-bond acceptors (Lipinski definition) is 8. The fourth-order valence-corrected chi connectivity index (χ4v) is 5.58. The van der Waals surface area contributed by atoms with Gasteiger partial charge in [0.15, 0.2) is 0 Å². The molecule has 1 atom stereocenters. The van der Waals surface area contributed by atoms with Gasteiger partial charge in [0.2, 0.25) is 5.91 Å². The first-order chi connectivity index (χ1) is 19.0. The highest BCUT2D eigenvalue weighted by Gasteiger charge is 2.31. The normalized spacial score (nSPS) is 18.1. The van der Waals surface area contributed by atoms with Crippen LogP contribution in [0.2, 0.25) is 0 Å². The lowest BCUT2D eigenvalue weighted by Gasteiger charge is -2.34. The molecule has 0 spiro atoms. The fourth-order valence-electron chi connectivity index (χ4n) is 5.18. The summed E-state index contributed by atoms with van der Waals surface area (Å²) in [5, 5.41) is 6.95. The second kappa shape index (κ2) is 12.6. The zero-order valence-corrected chi connectivity index (χ0v) is 23.3. The number of rotatable bonds is 10. The van der Waals surface area contributed by atoms with Gasteiger partial charge in [-0.15, -0.1) is 0 Å². The Morgan fingerprint density at radius 3 is 2.82 bits per heavy atom. The molecule has 0 aliphatic carbocycles. The van der Waals surface area contributed by atoms with Gasteiger partial charge in [0.25, 0.3) is 0 Å². The Morgan fingerprint density at radius 1 is 1.23 bits per heavy atom. The van der Waals surface area contributed by atoms with Gasteiger partial charge in [0.1, 0.15) is 24.5 Å². The first-order valence-corrected chi connectivity index (χ1v) is 14.0. The van der Waals surface area contributed by atoms with Crippen LogP contribution >= 0.6 is 15.9 Å². The molecule has 2 aromatic carbocycles. The highest BCUT2D eigenvalue weighted by atomic mass is 79.9. The molecule has 2 fully saturated rings. The molecule has 3 heterocycles.